The van der Waals surface area contributed by atoms with Crippen LogP contribution in [0.5, 0.6) is 5.75 Å². The normalized spacial score (nSPS) is 14.6. The lowest BCUT2D eigenvalue weighted by molar-refractivity contribution is -0.136. The molecule has 3 rings (SSSR count). The van der Waals surface area contributed by atoms with Crippen LogP contribution < -0.4 is 10.1 Å². The number of hydrogen-bond acceptors (Lipinski definition) is 4. The third-order valence-electron chi connectivity index (χ3n) is 4.63. The van der Waals surface area contributed by atoms with E-state index in [9.17, 15) is 14.0 Å². The molecule has 0 bridgehead atoms. The molecule has 1 fully saturated rings. The molecule has 0 aliphatic carbocycles. The molecule has 0 saturated carbocycles. The van der Waals surface area contributed by atoms with Crippen molar-refractivity contribution in [2.24, 2.45) is 5.92 Å². The average molecular weight is 450 g/mol. The molecule has 8 heteroatoms. The molecule has 0 spiro atoms. The van der Waals surface area contributed by atoms with Crippen molar-refractivity contribution in [2.75, 3.05) is 25.0 Å². The fourth-order valence-corrected chi connectivity index (χ4v) is 3.38. The minimum absolute atomic E-state index is 0.0384. The molecule has 148 valence electrons. The van der Waals surface area contributed by atoms with Crippen LogP contribution in [0.1, 0.15) is 18.4 Å². The summed E-state index contributed by atoms with van der Waals surface area (Å²) < 4.78 is 19.7. The molecule has 1 N–H and O–H groups in total. The minimum Gasteiger partial charge on any atom is -0.481 e. The molecule has 0 unspecified atom stereocenters. The fraction of sp³-hybridized carbons (Fsp3) is 0.350. The van der Waals surface area contributed by atoms with Gasteiger partial charge in [-0.1, -0.05) is 15.9 Å². The molecular formula is C20H21BrFN3O3. The van der Waals surface area contributed by atoms with Crippen LogP contribution in [-0.2, 0) is 9.59 Å². The number of aromatic nitrogens is 1. The summed E-state index contributed by atoms with van der Waals surface area (Å²) in [4.78, 5) is 30.5. The molecule has 1 aromatic carbocycles. The number of anilines is 1. The van der Waals surface area contributed by atoms with Crippen molar-refractivity contribution in [3.05, 3.63) is 52.4 Å². The van der Waals surface area contributed by atoms with E-state index in [2.05, 4.69) is 26.2 Å². The Morgan fingerprint density at radius 2 is 2.04 bits per heavy atom. The standard InChI is InChI=1S/C20H21BrFN3O3/c1-13-4-7-23-18(10-13)24-20(27)14-5-8-25(9-6-14)19(26)12-28-17-3-2-15(21)11-16(17)22/h2-4,7,10-11,14H,5-6,8-9,12H2,1H3,(H,23,24,27). The van der Waals surface area contributed by atoms with Crippen LogP contribution >= 0.6 is 15.9 Å². The van der Waals surface area contributed by atoms with Gasteiger partial charge in [0.1, 0.15) is 5.82 Å². The van der Waals surface area contributed by atoms with Gasteiger partial charge in [-0.25, -0.2) is 9.37 Å². The maximum atomic E-state index is 13.8. The Labute approximate surface area is 171 Å². The number of carbonyl (C=O) groups excluding carboxylic acids is 2. The van der Waals surface area contributed by atoms with E-state index in [1.54, 1.807) is 17.2 Å². The molecule has 0 radical (unpaired) electrons. The Morgan fingerprint density at radius 3 is 2.71 bits per heavy atom. The van der Waals surface area contributed by atoms with Crippen LogP contribution in [0.2, 0.25) is 0 Å². The van der Waals surface area contributed by atoms with Crippen LogP contribution in [0.25, 0.3) is 0 Å². The summed E-state index contributed by atoms with van der Waals surface area (Å²) in [5, 5.41) is 2.83. The number of halogens is 2. The van der Waals surface area contributed by atoms with Gasteiger partial charge < -0.3 is 15.0 Å². The molecule has 1 aromatic heterocycles. The Balaban J connectivity index is 1.46. The summed E-state index contributed by atoms with van der Waals surface area (Å²) in [5.74, 6) is -0.427. The monoisotopic (exact) mass is 449 g/mol. The molecule has 2 aromatic rings. The first-order valence-corrected chi connectivity index (χ1v) is 9.81. The zero-order valence-electron chi connectivity index (χ0n) is 15.5. The third kappa shape index (κ3) is 5.28. The summed E-state index contributed by atoms with van der Waals surface area (Å²) in [7, 11) is 0. The zero-order chi connectivity index (χ0) is 20.1. The molecule has 28 heavy (non-hydrogen) atoms. The Morgan fingerprint density at radius 1 is 1.29 bits per heavy atom. The van der Waals surface area contributed by atoms with Crippen LogP contribution in [0.3, 0.4) is 0 Å². The fourth-order valence-electron chi connectivity index (χ4n) is 3.05. The van der Waals surface area contributed by atoms with Crippen molar-refractivity contribution in [1.29, 1.82) is 0 Å². The van der Waals surface area contributed by atoms with Crippen LogP contribution in [0.4, 0.5) is 10.2 Å². The van der Waals surface area contributed by atoms with Crippen LogP contribution in [0, 0.1) is 18.7 Å². The van der Waals surface area contributed by atoms with E-state index in [1.807, 2.05) is 19.1 Å². The number of benzene rings is 1. The Bertz CT molecular complexity index is 870. The van der Waals surface area contributed by atoms with Gasteiger partial charge in [0.05, 0.1) is 0 Å². The van der Waals surface area contributed by atoms with E-state index in [-0.39, 0.29) is 30.1 Å². The van der Waals surface area contributed by atoms with Gasteiger partial charge in [-0.05, 0) is 55.7 Å². The van der Waals surface area contributed by atoms with Crippen molar-refractivity contribution in [2.45, 2.75) is 19.8 Å². The van der Waals surface area contributed by atoms with Gasteiger partial charge >= 0.3 is 0 Å². The number of nitrogens with one attached hydrogen (secondary N) is 1. The summed E-state index contributed by atoms with van der Waals surface area (Å²) in [6, 6.07) is 8.09. The second-order valence-corrected chi connectivity index (χ2v) is 7.64. The first kappa shape index (κ1) is 20.3. The van der Waals surface area contributed by atoms with Crippen molar-refractivity contribution >= 4 is 33.6 Å². The number of pyridine rings is 1. The number of amides is 2. The third-order valence-corrected chi connectivity index (χ3v) is 5.12. The summed E-state index contributed by atoms with van der Waals surface area (Å²) >= 11 is 3.17. The number of piperidine rings is 1. The first-order chi connectivity index (χ1) is 13.4. The van der Waals surface area contributed by atoms with E-state index < -0.39 is 5.82 Å². The highest BCUT2D eigenvalue weighted by Gasteiger charge is 2.27. The zero-order valence-corrected chi connectivity index (χ0v) is 17.0. The van der Waals surface area contributed by atoms with Gasteiger partial charge in [-0.15, -0.1) is 0 Å². The highest BCUT2D eigenvalue weighted by Crippen LogP contribution is 2.22. The largest absolute Gasteiger partial charge is 0.481 e. The highest BCUT2D eigenvalue weighted by molar-refractivity contribution is 9.10. The molecule has 1 aliphatic heterocycles. The second kappa shape index (κ2) is 9.14. The topological polar surface area (TPSA) is 71.5 Å². The van der Waals surface area contributed by atoms with E-state index in [1.165, 1.54) is 12.1 Å². The smallest absolute Gasteiger partial charge is 0.260 e. The number of rotatable bonds is 5. The number of carbonyl (C=O) groups is 2. The average Bonchev–Trinajstić information content (AvgIpc) is 2.67. The van der Waals surface area contributed by atoms with E-state index in [0.717, 1.165) is 5.56 Å². The summed E-state index contributed by atoms with van der Waals surface area (Å²) in [6.45, 7) is 2.63. The van der Waals surface area contributed by atoms with Gasteiger partial charge in [0.2, 0.25) is 5.91 Å². The lowest BCUT2D eigenvalue weighted by Crippen LogP contribution is -2.43. The van der Waals surface area contributed by atoms with Crippen LogP contribution in [-0.4, -0.2) is 41.4 Å². The quantitative estimate of drug-likeness (QED) is 0.757. The summed E-state index contributed by atoms with van der Waals surface area (Å²) in [5.41, 5.74) is 1.02. The van der Waals surface area contributed by atoms with Crippen molar-refractivity contribution in [1.82, 2.24) is 9.88 Å². The van der Waals surface area contributed by atoms with Gasteiger partial charge in [0.15, 0.2) is 18.2 Å². The minimum atomic E-state index is -0.526. The van der Waals surface area contributed by atoms with Crippen molar-refractivity contribution < 1.29 is 18.7 Å². The first-order valence-electron chi connectivity index (χ1n) is 9.01. The second-order valence-electron chi connectivity index (χ2n) is 6.73. The molecule has 1 aliphatic rings. The number of aryl methyl sites for hydroxylation is 1. The predicted octanol–water partition coefficient (Wildman–Crippen LogP) is 3.55. The van der Waals surface area contributed by atoms with E-state index in [0.29, 0.717) is 36.2 Å². The lowest BCUT2D eigenvalue weighted by atomic mass is 9.96. The molecule has 2 heterocycles. The maximum Gasteiger partial charge on any atom is 0.260 e. The molecular weight excluding hydrogens is 429 g/mol. The molecule has 0 atom stereocenters. The molecule has 2 amide bonds. The van der Waals surface area contributed by atoms with E-state index in [4.69, 9.17) is 4.74 Å². The van der Waals surface area contributed by atoms with Crippen molar-refractivity contribution in [3.8, 4) is 5.75 Å². The van der Waals surface area contributed by atoms with Crippen LogP contribution in [0.15, 0.2) is 41.0 Å². The molecule has 1 saturated heterocycles. The number of nitrogens with zero attached hydrogens (tertiary/aromatic N) is 2. The number of ether oxygens (including phenoxy) is 1. The van der Waals surface area contributed by atoms with Gasteiger partial charge in [-0.2, -0.15) is 0 Å². The highest BCUT2D eigenvalue weighted by atomic mass is 79.9. The number of hydrogen-bond donors (Lipinski definition) is 1. The molecule has 6 nitrogen and oxygen atoms in total. The van der Waals surface area contributed by atoms with Crippen molar-refractivity contribution in [3.63, 3.8) is 0 Å². The van der Waals surface area contributed by atoms with Gasteiger partial charge in [0, 0.05) is 29.7 Å². The van der Waals surface area contributed by atoms with Gasteiger partial charge in [-0.3, -0.25) is 9.59 Å². The number of likely N-dealkylation sites (tertiary alicyclic amines) is 1. The van der Waals surface area contributed by atoms with E-state index >= 15 is 0 Å². The Kier molecular flexibility index (Phi) is 6.61. The predicted molar refractivity (Wildman–Crippen MR) is 107 cm³/mol. The maximum absolute atomic E-state index is 13.8. The Hall–Kier alpha value is -2.48. The summed E-state index contributed by atoms with van der Waals surface area (Å²) in [6.07, 6.45) is 2.78. The SMILES string of the molecule is Cc1ccnc(NC(=O)C2CCN(C(=O)COc3ccc(Br)cc3F)CC2)c1. The van der Waals surface area contributed by atoms with Gasteiger partial charge in [0.25, 0.3) is 5.91 Å². The lowest BCUT2D eigenvalue weighted by Gasteiger charge is -2.31.